The van der Waals surface area contributed by atoms with Crippen LogP contribution in [-0.4, -0.2) is 60.2 Å². The van der Waals surface area contributed by atoms with Crippen molar-refractivity contribution in [3.8, 4) is 0 Å². The van der Waals surface area contributed by atoms with Crippen molar-refractivity contribution in [1.82, 2.24) is 13.8 Å². The summed E-state index contributed by atoms with van der Waals surface area (Å²) in [6.45, 7) is 0.381. The van der Waals surface area contributed by atoms with Gasteiger partial charge in [0.2, 0.25) is 10.0 Å². The highest BCUT2D eigenvalue weighted by atomic mass is 79.9. The van der Waals surface area contributed by atoms with Gasteiger partial charge in [0, 0.05) is 43.9 Å². The number of aromatic nitrogens is 1. The Morgan fingerprint density at radius 1 is 1.14 bits per heavy atom. The molecule has 3 rings (SSSR count). The second kappa shape index (κ2) is 7.64. The molecular weight excluding hydrogens is 455 g/mol. The van der Waals surface area contributed by atoms with Gasteiger partial charge >= 0.3 is 0 Å². The molecule has 8 nitrogen and oxygen atoms in total. The lowest BCUT2D eigenvalue weighted by Gasteiger charge is -2.33. The van der Waals surface area contributed by atoms with Gasteiger partial charge in [0.15, 0.2) is 0 Å². The van der Waals surface area contributed by atoms with Gasteiger partial charge in [0.1, 0.15) is 16.4 Å². The van der Waals surface area contributed by atoms with E-state index in [9.17, 15) is 22.4 Å². The fourth-order valence-corrected chi connectivity index (χ4v) is 4.86. The second-order valence-electron chi connectivity index (χ2n) is 6.36. The Morgan fingerprint density at radius 3 is 2.32 bits per heavy atom. The summed E-state index contributed by atoms with van der Waals surface area (Å²) in [6, 6.07) is 5.40. The van der Waals surface area contributed by atoms with E-state index in [1.54, 1.807) is 6.07 Å². The zero-order valence-electron chi connectivity index (χ0n) is 14.9. The number of aryl methyl sites for hydroxylation is 1. The number of hydrogen-bond acceptors (Lipinski definition) is 4. The molecule has 1 aliphatic rings. The standard InChI is InChI=1S/C17H18BrFN4O4S/c1-21-10-12(9-15(21)16(20)24)28(26,27)23-6-4-22(5-7-23)17(25)13-3-2-11(18)8-14(13)19/h2-3,8-10H,4-7H2,1H3,(H2,20,24). The van der Waals surface area contributed by atoms with E-state index < -0.39 is 27.7 Å². The molecule has 2 N–H and O–H groups in total. The molecule has 1 aromatic carbocycles. The topological polar surface area (TPSA) is 106 Å². The van der Waals surface area contributed by atoms with Crippen molar-refractivity contribution in [3.63, 3.8) is 0 Å². The number of nitrogens with two attached hydrogens (primary N) is 1. The Kier molecular flexibility index (Phi) is 5.60. The number of halogens is 2. The average Bonchev–Trinajstić information content (AvgIpc) is 3.04. The third-order valence-corrected chi connectivity index (χ3v) is 6.91. The minimum absolute atomic E-state index is 0.0393. The van der Waals surface area contributed by atoms with Gasteiger partial charge in [-0.25, -0.2) is 12.8 Å². The number of rotatable bonds is 4. The number of sulfonamides is 1. The first-order chi connectivity index (χ1) is 13.1. The molecule has 1 fully saturated rings. The fourth-order valence-electron chi connectivity index (χ4n) is 3.03. The monoisotopic (exact) mass is 472 g/mol. The van der Waals surface area contributed by atoms with E-state index in [4.69, 9.17) is 5.73 Å². The molecule has 1 aromatic heterocycles. The number of carbonyl (C=O) groups is 2. The molecule has 0 unspecified atom stereocenters. The Bertz CT molecular complexity index is 1050. The van der Waals surface area contributed by atoms with E-state index in [1.165, 1.54) is 45.2 Å². The summed E-state index contributed by atoms with van der Waals surface area (Å²) in [6.07, 6.45) is 1.32. The molecule has 0 saturated carbocycles. The highest BCUT2D eigenvalue weighted by Crippen LogP contribution is 2.22. The third-order valence-electron chi connectivity index (χ3n) is 4.56. The first kappa shape index (κ1) is 20.5. The van der Waals surface area contributed by atoms with Crippen LogP contribution < -0.4 is 5.73 Å². The van der Waals surface area contributed by atoms with Crippen molar-refractivity contribution < 1.29 is 22.4 Å². The van der Waals surface area contributed by atoms with Crippen molar-refractivity contribution in [1.29, 1.82) is 0 Å². The Labute approximate surface area is 169 Å². The molecule has 0 radical (unpaired) electrons. The van der Waals surface area contributed by atoms with Crippen LogP contribution in [0.3, 0.4) is 0 Å². The lowest BCUT2D eigenvalue weighted by molar-refractivity contribution is 0.0693. The average molecular weight is 473 g/mol. The summed E-state index contributed by atoms with van der Waals surface area (Å²) >= 11 is 3.14. The number of hydrogen-bond donors (Lipinski definition) is 1. The molecule has 2 aromatic rings. The van der Waals surface area contributed by atoms with Gasteiger partial charge in [-0.3, -0.25) is 9.59 Å². The minimum Gasteiger partial charge on any atom is -0.364 e. The van der Waals surface area contributed by atoms with Crippen LogP contribution in [-0.2, 0) is 17.1 Å². The molecule has 2 heterocycles. The highest BCUT2D eigenvalue weighted by molar-refractivity contribution is 9.10. The smallest absolute Gasteiger partial charge is 0.265 e. The van der Waals surface area contributed by atoms with Crippen LogP contribution in [0.5, 0.6) is 0 Å². The molecule has 0 atom stereocenters. The van der Waals surface area contributed by atoms with Crippen molar-refractivity contribution >= 4 is 37.8 Å². The summed E-state index contributed by atoms with van der Waals surface area (Å²) < 4.78 is 42.7. The van der Waals surface area contributed by atoms with Crippen LogP contribution >= 0.6 is 15.9 Å². The second-order valence-corrected chi connectivity index (χ2v) is 9.21. The van der Waals surface area contributed by atoms with Crippen LogP contribution in [0.25, 0.3) is 0 Å². The van der Waals surface area contributed by atoms with Gasteiger partial charge in [0.05, 0.1) is 5.56 Å². The first-order valence-corrected chi connectivity index (χ1v) is 10.5. The summed E-state index contributed by atoms with van der Waals surface area (Å²) in [5.41, 5.74) is 5.25. The van der Waals surface area contributed by atoms with Gasteiger partial charge in [-0.2, -0.15) is 4.31 Å². The fraction of sp³-hybridized carbons (Fsp3) is 0.294. The van der Waals surface area contributed by atoms with Crippen molar-refractivity contribution in [2.75, 3.05) is 26.2 Å². The maximum absolute atomic E-state index is 14.0. The number of amides is 2. The predicted octanol–water partition coefficient (Wildman–Crippen LogP) is 1.17. The lowest BCUT2D eigenvalue weighted by Crippen LogP contribution is -2.50. The van der Waals surface area contributed by atoms with Gasteiger partial charge in [-0.05, 0) is 24.3 Å². The molecule has 0 aliphatic carbocycles. The minimum atomic E-state index is -3.84. The largest absolute Gasteiger partial charge is 0.364 e. The van der Waals surface area contributed by atoms with Gasteiger partial charge < -0.3 is 15.2 Å². The van der Waals surface area contributed by atoms with Crippen LogP contribution in [0.2, 0.25) is 0 Å². The summed E-state index contributed by atoms with van der Waals surface area (Å²) in [4.78, 5) is 25.3. The van der Waals surface area contributed by atoms with Crippen molar-refractivity contribution in [3.05, 3.63) is 52.0 Å². The SMILES string of the molecule is Cn1cc(S(=O)(=O)N2CCN(C(=O)c3ccc(Br)cc3F)CC2)cc1C(N)=O. The molecular formula is C17H18BrFN4O4S. The van der Waals surface area contributed by atoms with Crippen LogP contribution in [0.15, 0.2) is 39.8 Å². The molecule has 2 amide bonds. The molecule has 28 heavy (non-hydrogen) atoms. The highest BCUT2D eigenvalue weighted by Gasteiger charge is 2.32. The van der Waals surface area contributed by atoms with Crippen LogP contribution in [0.4, 0.5) is 4.39 Å². The zero-order chi connectivity index (χ0) is 20.6. The van der Waals surface area contributed by atoms with E-state index in [1.807, 2.05) is 0 Å². The zero-order valence-corrected chi connectivity index (χ0v) is 17.3. The van der Waals surface area contributed by atoms with E-state index in [-0.39, 0.29) is 42.3 Å². The number of carbonyl (C=O) groups excluding carboxylic acids is 2. The Morgan fingerprint density at radius 2 is 1.79 bits per heavy atom. The molecule has 150 valence electrons. The quantitative estimate of drug-likeness (QED) is 0.720. The summed E-state index contributed by atoms with van der Waals surface area (Å²) in [5, 5.41) is 0. The number of primary amides is 1. The molecule has 1 saturated heterocycles. The normalized spacial score (nSPS) is 15.6. The molecule has 0 spiro atoms. The predicted molar refractivity (Wildman–Crippen MR) is 103 cm³/mol. The number of benzene rings is 1. The van der Waals surface area contributed by atoms with E-state index >= 15 is 0 Å². The van der Waals surface area contributed by atoms with E-state index in [0.29, 0.717) is 4.47 Å². The molecule has 0 bridgehead atoms. The van der Waals surface area contributed by atoms with Gasteiger partial charge in [-0.15, -0.1) is 0 Å². The van der Waals surface area contributed by atoms with Crippen LogP contribution in [0, 0.1) is 5.82 Å². The number of piperazine rings is 1. The van der Waals surface area contributed by atoms with Crippen LogP contribution in [0.1, 0.15) is 20.8 Å². The van der Waals surface area contributed by atoms with Crippen molar-refractivity contribution in [2.45, 2.75) is 4.90 Å². The Balaban J connectivity index is 1.73. The molecule has 1 aliphatic heterocycles. The first-order valence-electron chi connectivity index (χ1n) is 8.32. The van der Waals surface area contributed by atoms with Crippen molar-refractivity contribution in [2.24, 2.45) is 12.8 Å². The maximum atomic E-state index is 14.0. The van der Waals surface area contributed by atoms with E-state index in [2.05, 4.69) is 15.9 Å². The number of nitrogens with zero attached hydrogens (tertiary/aromatic N) is 3. The summed E-state index contributed by atoms with van der Waals surface area (Å²) in [5.74, 6) is -1.86. The molecule has 11 heteroatoms. The van der Waals surface area contributed by atoms with Gasteiger partial charge in [0.25, 0.3) is 11.8 Å². The lowest BCUT2D eigenvalue weighted by atomic mass is 10.1. The summed E-state index contributed by atoms with van der Waals surface area (Å²) in [7, 11) is -2.31. The maximum Gasteiger partial charge on any atom is 0.265 e. The third kappa shape index (κ3) is 3.82. The Hall–Kier alpha value is -2.24. The van der Waals surface area contributed by atoms with E-state index in [0.717, 1.165) is 0 Å². The van der Waals surface area contributed by atoms with Gasteiger partial charge in [-0.1, -0.05) is 15.9 Å².